The summed E-state index contributed by atoms with van der Waals surface area (Å²) in [5.74, 6) is -2.56. The highest BCUT2D eigenvalue weighted by Gasteiger charge is 2.22. The van der Waals surface area contributed by atoms with Gasteiger partial charge in [0.2, 0.25) is 0 Å². The van der Waals surface area contributed by atoms with Crippen molar-refractivity contribution < 1.29 is 18.0 Å². The lowest BCUT2D eigenvalue weighted by Gasteiger charge is -2.12. The minimum absolute atomic E-state index is 0.114. The SMILES string of the molecule is Cc1nn(Cc2ccc(F)cc2)c2sc(C(=O)NC(C#N)c3ccc(F)cc3F)cc12. The van der Waals surface area contributed by atoms with Gasteiger partial charge in [0.05, 0.1) is 23.2 Å². The Balaban J connectivity index is 1.60. The van der Waals surface area contributed by atoms with E-state index in [1.807, 2.05) is 13.0 Å². The molecular formula is C22H15F3N4OS. The fraction of sp³-hybridized carbons (Fsp3) is 0.136. The number of fused-ring (bicyclic) bond motifs is 1. The molecular weight excluding hydrogens is 425 g/mol. The lowest BCUT2D eigenvalue weighted by Crippen LogP contribution is -2.27. The first-order valence-electron chi connectivity index (χ1n) is 9.22. The van der Waals surface area contributed by atoms with Crippen LogP contribution in [0, 0.1) is 35.7 Å². The van der Waals surface area contributed by atoms with Gasteiger partial charge in [-0.3, -0.25) is 9.48 Å². The lowest BCUT2D eigenvalue weighted by atomic mass is 10.1. The molecule has 0 saturated heterocycles. The number of hydrogen-bond acceptors (Lipinski definition) is 4. The number of thiophene rings is 1. The Hall–Kier alpha value is -3.64. The van der Waals surface area contributed by atoms with Crippen molar-refractivity contribution in [2.75, 3.05) is 0 Å². The molecule has 1 unspecified atom stereocenters. The smallest absolute Gasteiger partial charge is 0.262 e. The first-order valence-corrected chi connectivity index (χ1v) is 10.0. The first kappa shape index (κ1) is 20.6. The average molecular weight is 440 g/mol. The zero-order valence-corrected chi connectivity index (χ0v) is 17.0. The Morgan fingerprint density at radius 3 is 2.55 bits per heavy atom. The van der Waals surface area contributed by atoms with Crippen LogP contribution in [0.2, 0.25) is 0 Å². The second-order valence-electron chi connectivity index (χ2n) is 6.90. The second-order valence-corrected chi connectivity index (χ2v) is 7.93. The van der Waals surface area contributed by atoms with Crippen LogP contribution in [0.15, 0.2) is 48.5 Å². The van der Waals surface area contributed by atoms with E-state index in [0.717, 1.165) is 27.9 Å². The highest BCUT2D eigenvalue weighted by Crippen LogP contribution is 2.29. The normalized spacial score (nSPS) is 12.0. The fourth-order valence-corrected chi connectivity index (χ4v) is 4.28. The third-order valence-corrected chi connectivity index (χ3v) is 5.90. The van der Waals surface area contributed by atoms with E-state index in [1.54, 1.807) is 22.9 Å². The molecule has 1 amide bonds. The van der Waals surface area contributed by atoms with E-state index in [4.69, 9.17) is 0 Å². The largest absolute Gasteiger partial charge is 0.332 e. The van der Waals surface area contributed by atoms with Gasteiger partial charge in [0, 0.05) is 17.0 Å². The standard InChI is InChI=1S/C22H15F3N4OS/c1-12-17-9-20(21(30)27-19(10-26)16-7-6-15(24)8-18(16)25)31-22(17)29(28-12)11-13-2-4-14(23)5-3-13/h2-9,19H,11H2,1H3,(H,27,30). The molecule has 9 heteroatoms. The molecule has 0 fully saturated rings. The monoisotopic (exact) mass is 440 g/mol. The third kappa shape index (κ3) is 4.15. The van der Waals surface area contributed by atoms with E-state index in [2.05, 4.69) is 10.4 Å². The van der Waals surface area contributed by atoms with Crippen molar-refractivity contribution in [1.29, 1.82) is 5.26 Å². The zero-order chi connectivity index (χ0) is 22.1. The summed E-state index contributed by atoms with van der Waals surface area (Å²) >= 11 is 1.18. The average Bonchev–Trinajstić information content (AvgIpc) is 3.30. The van der Waals surface area contributed by atoms with Crippen LogP contribution in [-0.4, -0.2) is 15.7 Å². The highest BCUT2D eigenvalue weighted by atomic mass is 32.1. The molecule has 4 aromatic rings. The number of carbonyl (C=O) groups is 1. The number of nitrogens with zero attached hydrogens (tertiary/aromatic N) is 3. The molecule has 4 rings (SSSR count). The maximum absolute atomic E-state index is 14.0. The van der Waals surface area contributed by atoms with E-state index in [1.165, 1.54) is 23.5 Å². The summed E-state index contributed by atoms with van der Waals surface area (Å²) in [4.78, 5) is 13.8. The first-order chi connectivity index (χ1) is 14.9. The third-order valence-electron chi connectivity index (χ3n) is 4.75. The van der Waals surface area contributed by atoms with Gasteiger partial charge in [-0.1, -0.05) is 18.2 Å². The lowest BCUT2D eigenvalue weighted by molar-refractivity contribution is 0.0949. The van der Waals surface area contributed by atoms with Crippen LogP contribution in [0.4, 0.5) is 13.2 Å². The Labute approximate surface area is 179 Å². The molecule has 1 atom stereocenters. The van der Waals surface area contributed by atoms with Crippen LogP contribution in [-0.2, 0) is 6.54 Å². The number of aryl methyl sites for hydroxylation is 1. The Morgan fingerprint density at radius 2 is 1.87 bits per heavy atom. The van der Waals surface area contributed by atoms with Crippen molar-refractivity contribution in [1.82, 2.24) is 15.1 Å². The molecule has 0 saturated carbocycles. The zero-order valence-electron chi connectivity index (χ0n) is 16.2. The maximum Gasteiger partial charge on any atom is 0.262 e. The molecule has 31 heavy (non-hydrogen) atoms. The summed E-state index contributed by atoms with van der Waals surface area (Å²) in [6.07, 6.45) is 0. The van der Waals surface area contributed by atoms with Crippen molar-refractivity contribution in [3.63, 3.8) is 0 Å². The predicted molar refractivity (Wildman–Crippen MR) is 110 cm³/mol. The van der Waals surface area contributed by atoms with Crippen molar-refractivity contribution in [3.8, 4) is 6.07 Å². The van der Waals surface area contributed by atoms with Gasteiger partial charge < -0.3 is 5.32 Å². The van der Waals surface area contributed by atoms with Gasteiger partial charge in [0.25, 0.3) is 5.91 Å². The summed E-state index contributed by atoms with van der Waals surface area (Å²) in [6.45, 7) is 2.21. The summed E-state index contributed by atoms with van der Waals surface area (Å²) < 4.78 is 42.0. The van der Waals surface area contributed by atoms with Gasteiger partial charge in [0.1, 0.15) is 28.3 Å². The van der Waals surface area contributed by atoms with Crippen LogP contribution in [0.25, 0.3) is 10.2 Å². The number of rotatable bonds is 5. The molecule has 0 aliphatic rings. The number of amides is 1. The molecule has 0 aliphatic heterocycles. The number of nitriles is 1. The molecule has 0 bridgehead atoms. The summed E-state index contributed by atoms with van der Waals surface area (Å²) in [5, 5.41) is 17.1. The van der Waals surface area contributed by atoms with Gasteiger partial charge >= 0.3 is 0 Å². The van der Waals surface area contributed by atoms with Crippen molar-refractivity contribution in [2.24, 2.45) is 0 Å². The van der Waals surface area contributed by atoms with E-state index < -0.39 is 23.6 Å². The van der Waals surface area contributed by atoms with Crippen molar-refractivity contribution in [2.45, 2.75) is 19.5 Å². The van der Waals surface area contributed by atoms with Crippen LogP contribution < -0.4 is 5.32 Å². The van der Waals surface area contributed by atoms with Crippen LogP contribution in [0.5, 0.6) is 0 Å². The van der Waals surface area contributed by atoms with Crippen LogP contribution in [0.1, 0.15) is 32.5 Å². The van der Waals surface area contributed by atoms with Crippen LogP contribution >= 0.6 is 11.3 Å². The number of aromatic nitrogens is 2. The number of hydrogen-bond donors (Lipinski definition) is 1. The molecule has 2 aromatic carbocycles. The predicted octanol–water partition coefficient (Wildman–Crippen LogP) is 4.87. The summed E-state index contributed by atoms with van der Waals surface area (Å²) in [5.41, 5.74) is 1.45. The molecule has 2 heterocycles. The Morgan fingerprint density at radius 1 is 1.16 bits per heavy atom. The minimum Gasteiger partial charge on any atom is -0.332 e. The fourth-order valence-electron chi connectivity index (χ4n) is 3.21. The number of carbonyl (C=O) groups excluding carboxylic acids is 1. The maximum atomic E-state index is 14.0. The molecule has 1 N–H and O–H groups in total. The quantitative estimate of drug-likeness (QED) is 0.482. The van der Waals surface area contributed by atoms with Crippen LogP contribution in [0.3, 0.4) is 0 Å². The van der Waals surface area contributed by atoms with E-state index in [-0.39, 0.29) is 11.4 Å². The van der Waals surface area contributed by atoms with E-state index in [9.17, 15) is 23.2 Å². The number of nitrogens with one attached hydrogen (secondary N) is 1. The van der Waals surface area contributed by atoms with Gasteiger partial charge in [0.15, 0.2) is 0 Å². The molecule has 156 valence electrons. The Kier molecular flexibility index (Phi) is 5.48. The summed E-state index contributed by atoms with van der Waals surface area (Å²) in [6, 6.07) is 11.1. The number of benzene rings is 2. The van der Waals surface area contributed by atoms with Gasteiger partial charge in [-0.15, -0.1) is 11.3 Å². The van der Waals surface area contributed by atoms with Gasteiger partial charge in [-0.2, -0.15) is 10.4 Å². The van der Waals surface area contributed by atoms with Gasteiger partial charge in [-0.25, -0.2) is 13.2 Å². The highest BCUT2D eigenvalue weighted by molar-refractivity contribution is 7.20. The molecule has 0 aliphatic carbocycles. The molecule has 2 aromatic heterocycles. The topological polar surface area (TPSA) is 70.7 Å². The van der Waals surface area contributed by atoms with E-state index in [0.29, 0.717) is 23.2 Å². The van der Waals surface area contributed by atoms with Gasteiger partial charge in [-0.05, 0) is 36.8 Å². The molecule has 5 nitrogen and oxygen atoms in total. The molecule has 0 spiro atoms. The van der Waals surface area contributed by atoms with Crippen molar-refractivity contribution in [3.05, 3.63) is 87.7 Å². The molecule has 0 radical (unpaired) electrons. The van der Waals surface area contributed by atoms with Crippen molar-refractivity contribution >= 4 is 27.5 Å². The Bertz CT molecular complexity index is 1320. The van der Waals surface area contributed by atoms with E-state index >= 15 is 0 Å². The second kappa shape index (κ2) is 8.24. The minimum atomic E-state index is -1.27. The summed E-state index contributed by atoms with van der Waals surface area (Å²) in [7, 11) is 0. The number of halogens is 3.